The van der Waals surface area contributed by atoms with Gasteiger partial charge in [0, 0.05) is 18.2 Å². The third-order valence-electron chi connectivity index (χ3n) is 4.23. The molecule has 0 saturated heterocycles. The number of hydrogen-bond donors (Lipinski definition) is 1. The lowest BCUT2D eigenvalue weighted by atomic mass is 10.1. The van der Waals surface area contributed by atoms with Gasteiger partial charge < -0.3 is 5.11 Å². The Morgan fingerprint density at radius 3 is 1.92 bits per heavy atom. The van der Waals surface area contributed by atoms with Crippen LogP contribution >= 0.6 is 15.9 Å². The highest BCUT2D eigenvalue weighted by Gasteiger charge is 2.00. The van der Waals surface area contributed by atoms with Crippen molar-refractivity contribution in [2.45, 2.75) is 83.2 Å². The first-order valence-corrected chi connectivity index (χ1v) is 10.7. The van der Waals surface area contributed by atoms with Gasteiger partial charge >= 0.3 is 0 Å². The summed E-state index contributed by atoms with van der Waals surface area (Å²) in [5.74, 6) is 6.10. The summed E-state index contributed by atoms with van der Waals surface area (Å²) in [6, 6.07) is 10.1. The standard InChI is InChI=1S/C22H33BrO/c23-19-15-10-8-6-4-2-1-3-5-7-9-14-18-22(24)20-21-16-12-11-13-17-21/h11-13,16-17,22,24H,1-10,15,19-20H2. The van der Waals surface area contributed by atoms with Crippen molar-refractivity contribution in [2.75, 3.05) is 5.33 Å². The van der Waals surface area contributed by atoms with Gasteiger partial charge in [0.2, 0.25) is 0 Å². The molecule has 0 radical (unpaired) electrons. The molecular formula is C22H33BrO. The van der Waals surface area contributed by atoms with Crippen LogP contribution in [-0.2, 0) is 6.42 Å². The molecule has 2 heteroatoms. The number of benzene rings is 1. The Labute approximate surface area is 157 Å². The van der Waals surface area contributed by atoms with Crippen LogP contribution in [0.3, 0.4) is 0 Å². The molecule has 1 nitrogen and oxygen atoms in total. The maximum absolute atomic E-state index is 9.90. The normalized spacial score (nSPS) is 11.8. The Balaban J connectivity index is 1.90. The summed E-state index contributed by atoms with van der Waals surface area (Å²) in [6.45, 7) is 0. The molecular weight excluding hydrogens is 360 g/mol. The lowest BCUT2D eigenvalue weighted by molar-refractivity contribution is 0.233. The maximum Gasteiger partial charge on any atom is 0.118 e. The molecule has 1 aromatic rings. The number of unbranched alkanes of at least 4 members (excludes halogenated alkanes) is 10. The molecule has 0 spiro atoms. The molecule has 1 atom stereocenters. The summed E-state index contributed by atoms with van der Waals surface area (Å²) in [6.07, 6.45) is 14.4. The molecule has 24 heavy (non-hydrogen) atoms. The fourth-order valence-corrected chi connectivity index (χ4v) is 3.20. The SMILES string of the molecule is OC(C#CCCCCCCCCCCCCBr)Cc1ccccc1. The predicted molar refractivity (Wildman–Crippen MR) is 109 cm³/mol. The van der Waals surface area contributed by atoms with Gasteiger partial charge in [0.05, 0.1) is 0 Å². The number of halogens is 1. The van der Waals surface area contributed by atoms with Crippen LogP contribution < -0.4 is 0 Å². The minimum absolute atomic E-state index is 0.531. The summed E-state index contributed by atoms with van der Waals surface area (Å²) < 4.78 is 0. The van der Waals surface area contributed by atoms with E-state index in [2.05, 4.69) is 27.8 Å². The quantitative estimate of drug-likeness (QED) is 0.238. The molecule has 1 unspecified atom stereocenters. The minimum atomic E-state index is -0.531. The molecule has 134 valence electrons. The van der Waals surface area contributed by atoms with Crippen molar-refractivity contribution in [2.24, 2.45) is 0 Å². The summed E-state index contributed by atoms with van der Waals surface area (Å²) in [7, 11) is 0. The first-order chi connectivity index (χ1) is 11.8. The second-order valence-electron chi connectivity index (χ2n) is 6.50. The van der Waals surface area contributed by atoms with E-state index in [1.807, 2.05) is 30.3 Å². The Hall–Kier alpha value is -0.780. The first-order valence-electron chi connectivity index (χ1n) is 9.59. The number of alkyl halides is 1. The highest BCUT2D eigenvalue weighted by atomic mass is 79.9. The van der Waals surface area contributed by atoms with E-state index in [1.54, 1.807) is 0 Å². The van der Waals surface area contributed by atoms with Crippen molar-refractivity contribution < 1.29 is 5.11 Å². The van der Waals surface area contributed by atoms with E-state index < -0.39 is 6.10 Å². The smallest absolute Gasteiger partial charge is 0.118 e. The van der Waals surface area contributed by atoms with E-state index in [0.29, 0.717) is 6.42 Å². The van der Waals surface area contributed by atoms with Crippen LogP contribution in [-0.4, -0.2) is 16.5 Å². The molecule has 0 bridgehead atoms. The molecule has 0 aromatic heterocycles. The second kappa shape index (κ2) is 15.7. The topological polar surface area (TPSA) is 20.2 Å². The van der Waals surface area contributed by atoms with Crippen molar-refractivity contribution in [1.29, 1.82) is 0 Å². The summed E-state index contributed by atoms with van der Waals surface area (Å²) in [5, 5.41) is 11.1. The fraction of sp³-hybridized carbons (Fsp3) is 0.636. The second-order valence-corrected chi connectivity index (χ2v) is 7.29. The molecule has 0 aliphatic rings. The largest absolute Gasteiger partial charge is 0.380 e. The van der Waals surface area contributed by atoms with Gasteiger partial charge in [-0.15, -0.1) is 5.92 Å². The van der Waals surface area contributed by atoms with E-state index in [0.717, 1.165) is 23.7 Å². The summed E-state index contributed by atoms with van der Waals surface area (Å²) in [4.78, 5) is 0. The molecule has 0 amide bonds. The van der Waals surface area contributed by atoms with Crippen LogP contribution in [0.25, 0.3) is 0 Å². The zero-order valence-corrected chi connectivity index (χ0v) is 16.6. The molecule has 0 saturated carbocycles. The van der Waals surface area contributed by atoms with Crippen LogP contribution in [0.15, 0.2) is 30.3 Å². The zero-order chi connectivity index (χ0) is 17.3. The lowest BCUT2D eigenvalue weighted by Gasteiger charge is -2.03. The number of rotatable bonds is 13. The monoisotopic (exact) mass is 392 g/mol. The van der Waals surface area contributed by atoms with Crippen LogP contribution in [0.5, 0.6) is 0 Å². The Kier molecular flexibility index (Phi) is 13.9. The summed E-state index contributed by atoms with van der Waals surface area (Å²) >= 11 is 3.48. The molecule has 1 aromatic carbocycles. The van der Waals surface area contributed by atoms with Gasteiger partial charge in [-0.3, -0.25) is 0 Å². The van der Waals surface area contributed by atoms with E-state index >= 15 is 0 Å². The lowest BCUT2D eigenvalue weighted by Crippen LogP contribution is -2.06. The molecule has 0 aliphatic carbocycles. The molecule has 0 aliphatic heterocycles. The van der Waals surface area contributed by atoms with E-state index in [-0.39, 0.29) is 0 Å². The third kappa shape index (κ3) is 12.6. The average molecular weight is 393 g/mol. The fourth-order valence-electron chi connectivity index (χ4n) is 2.80. The molecule has 0 fully saturated rings. The Morgan fingerprint density at radius 1 is 0.792 bits per heavy atom. The van der Waals surface area contributed by atoms with Gasteiger partial charge in [-0.05, 0) is 18.4 Å². The van der Waals surface area contributed by atoms with Crippen molar-refractivity contribution >= 4 is 15.9 Å². The van der Waals surface area contributed by atoms with Gasteiger partial charge in [-0.1, -0.05) is 104 Å². The average Bonchev–Trinajstić information content (AvgIpc) is 2.60. The Bertz CT molecular complexity index is 446. The molecule has 0 heterocycles. The zero-order valence-electron chi connectivity index (χ0n) is 15.0. The van der Waals surface area contributed by atoms with Crippen molar-refractivity contribution in [1.82, 2.24) is 0 Å². The van der Waals surface area contributed by atoms with E-state index in [4.69, 9.17) is 0 Å². The van der Waals surface area contributed by atoms with Crippen molar-refractivity contribution in [3.63, 3.8) is 0 Å². The predicted octanol–water partition coefficient (Wildman–Crippen LogP) is 6.28. The van der Waals surface area contributed by atoms with Crippen LogP contribution in [0.1, 0.15) is 76.2 Å². The number of aliphatic hydroxyl groups excluding tert-OH is 1. The van der Waals surface area contributed by atoms with Gasteiger partial charge in [-0.2, -0.15) is 0 Å². The molecule has 1 rings (SSSR count). The van der Waals surface area contributed by atoms with Gasteiger partial charge in [0.25, 0.3) is 0 Å². The minimum Gasteiger partial charge on any atom is -0.380 e. The third-order valence-corrected chi connectivity index (χ3v) is 4.79. The van der Waals surface area contributed by atoms with Crippen molar-refractivity contribution in [3.05, 3.63) is 35.9 Å². The van der Waals surface area contributed by atoms with E-state index in [9.17, 15) is 5.11 Å². The summed E-state index contributed by atoms with van der Waals surface area (Å²) in [5.41, 5.74) is 1.14. The van der Waals surface area contributed by atoms with Crippen molar-refractivity contribution in [3.8, 4) is 11.8 Å². The van der Waals surface area contributed by atoms with E-state index in [1.165, 1.54) is 57.8 Å². The van der Waals surface area contributed by atoms with Crippen LogP contribution in [0, 0.1) is 11.8 Å². The highest BCUT2D eigenvalue weighted by molar-refractivity contribution is 9.09. The van der Waals surface area contributed by atoms with Gasteiger partial charge in [0.1, 0.15) is 6.10 Å². The highest BCUT2D eigenvalue weighted by Crippen LogP contribution is 2.11. The van der Waals surface area contributed by atoms with Crippen LogP contribution in [0.4, 0.5) is 0 Å². The number of hydrogen-bond acceptors (Lipinski definition) is 1. The number of aliphatic hydroxyl groups is 1. The Morgan fingerprint density at radius 2 is 1.33 bits per heavy atom. The maximum atomic E-state index is 9.90. The first kappa shape index (κ1) is 21.3. The molecule has 1 N–H and O–H groups in total. The van der Waals surface area contributed by atoms with Gasteiger partial charge in [0.15, 0.2) is 0 Å². The van der Waals surface area contributed by atoms with Gasteiger partial charge in [-0.25, -0.2) is 0 Å². The van der Waals surface area contributed by atoms with Crippen LogP contribution in [0.2, 0.25) is 0 Å².